The van der Waals surface area contributed by atoms with Gasteiger partial charge in [-0.3, -0.25) is 19.4 Å². The van der Waals surface area contributed by atoms with E-state index in [1.807, 2.05) is 115 Å². The SMILES string of the molecule is Brc1ccc2c(c1)C1CC1CN2.CC(C)(C)OC(=O)N1CC2CC2c2cc(Br)ccc21.CC(C)(C)OC(=O)OC(=O)OC(C)(C)C.C[Si](C)(C)[N-][Si](C)(C)C.Cc1nccc(Cl)n1.O=C(O)C(F)(F)F.O=C1CCC(=O)N1Br.[C-]#N.[C-]#N.[C-]#[N+]c1ccc2c(c1)C1CC1CN2.[C-]#[N+]c1ccc2c(c1)C1CC1CN2C(=O)OC(C)(C)C.[C-]#[N+]c1ccc2c(c1)C1CC1CN2c1ccnc(C)n1.[Li+].[Zn+2].c1ccc2c(c1)NCC1CC21. The molecule has 13 aliphatic rings. The molecular weight excluding hydrogens is 2190 g/mol. The Morgan fingerprint density at radius 1 is 0.473 bits per heavy atom. The first-order valence-corrected chi connectivity index (χ1v) is 57.5. The summed E-state index contributed by atoms with van der Waals surface area (Å²) in [5, 5.41) is 30.4. The van der Waals surface area contributed by atoms with E-state index in [9.17, 15) is 41.9 Å². The Labute approximate surface area is 924 Å². The average Bonchev–Trinajstić information content (AvgIpc) is 1.56. The van der Waals surface area contributed by atoms with Gasteiger partial charge in [0.2, 0.25) is 11.8 Å². The smallest absolute Gasteiger partial charge is 0.668 e. The zero-order chi connectivity index (χ0) is 108. The first-order valence-electron chi connectivity index (χ1n) is 47.9. The molecule has 0 radical (unpaired) electrons. The van der Waals surface area contributed by atoms with Crippen LogP contribution in [0.1, 0.15) is 215 Å². The van der Waals surface area contributed by atoms with Crippen molar-refractivity contribution in [2.45, 2.75) is 252 Å². The number of aromatic nitrogens is 4. The molecule has 148 heavy (non-hydrogen) atoms. The number of para-hydroxylation sites is 1. The van der Waals surface area contributed by atoms with Crippen LogP contribution < -0.4 is 49.5 Å². The number of ether oxygens (including phenoxy) is 5. The quantitative estimate of drug-likeness (QED) is 0.0186. The van der Waals surface area contributed by atoms with Crippen LogP contribution in [0, 0.1) is 92.7 Å². The summed E-state index contributed by atoms with van der Waals surface area (Å²) in [6.07, 6.45) is 4.03. The summed E-state index contributed by atoms with van der Waals surface area (Å²) in [7, 11) is -2.21. The maximum atomic E-state index is 12.3. The van der Waals surface area contributed by atoms with Crippen LogP contribution in [0.5, 0.6) is 0 Å². The number of fused-ring (bicyclic) bond motifs is 18. The molecule has 21 rings (SSSR count). The number of hydrogen-bond acceptors (Lipinski definition) is 22. The van der Waals surface area contributed by atoms with Crippen LogP contribution >= 0.6 is 59.6 Å². The fourth-order valence-electron chi connectivity index (χ4n) is 17.6. The first kappa shape index (κ1) is 124. The van der Waals surface area contributed by atoms with Gasteiger partial charge in [-0.25, -0.2) is 62.4 Å². The number of carbonyl (C=O) groups excluding carboxylic acids is 6. The Morgan fingerprint density at radius 2 is 0.804 bits per heavy atom. The van der Waals surface area contributed by atoms with E-state index in [1.54, 1.807) is 82.2 Å². The minimum atomic E-state index is -5.08. The number of imide groups is 1. The predicted molar refractivity (Wildman–Crippen MR) is 573 cm³/mol. The second-order valence-electron chi connectivity index (χ2n) is 42.9. The second kappa shape index (κ2) is 53.2. The number of carboxylic acids is 1. The molecule has 2 aromatic heterocycles. The van der Waals surface area contributed by atoms with Crippen molar-refractivity contribution >= 4 is 175 Å². The van der Waals surface area contributed by atoms with Crippen molar-refractivity contribution < 1.29 is 114 Å². The van der Waals surface area contributed by atoms with Gasteiger partial charge in [0, 0.05) is 102 Å². The molecule has 6 saturated carbocycles. The third-order valence-corrected chi connectivity index (χ3v) is 31.3. The van der Waals surface area contributed by atoms with Gasteiger partial charge < -0.3 is 78.0 Å². The van der Waals surface area contributed by atoms with Crippen molar-refractivity contribution in [2.24, 2.45) is 35.5 Å². The molecular formula is C107H127Br3ClF3LiN17O13Si2Zn. The number of nitrogens with zero attached hydrogens (tertiary/aromatic N) is 14. The Balaban J connectivity index is 0.000000223. The van der Waals surface area contributed by atoms with Crippen LogP contribution in [0.25, 0.3) is 19.2 Å². The molecule has 778 valence electrons. The molecule has 41 heteroatoms. The molecule has 12 atom stereocenters. The Kier molecular flexibility index (Phi) is 44.6. The predicted octanol–water partition coefficient (Wildman–Crippen LogP) is 25.6. The van der Waals surface area contributed by atoms with Crippen molar-refractivity contribution in [1.29, 1.82) is 10.5 Å². The van der Waals surface area contributed by atoms with Gasteiger partial charge in [-0.1, -0.05) is 154 Å². The Morgan fingerprint density at radius 3 is 1.18 bits per heavy atom. The van der Waals surface area contributed by atoms with Gasteiger partial charge in [0.1, 0.15) is 45.0 Å². The van der Waals surface area contributed by atoms with Crippen LogP contribution in [0.4, 0.5) is 89.4 Å². The molecule has 1 saturated heterocycles. The molecule has 6 aromatic carbocycles. The number of aryl methyl sites for hydroxylation is 2. The number of amides is 4. The molecule has 8 aromatic rings. The number of carbonyl (C=O) groups is 7. The molecule has 7 aliphatic heterocycles. The van der Waals surface area contributed by atoms with Gasteiger partial charge in [-0.2, -0.15) is 13.2 Å². The topological polar surface area (TPSA) is 361 Å². The minimum absolute atomic E-state index is 0. The molecule has 30 nitrogen and oxygen atoms in total. The summed E-state index contributed by atoms with van der Waals surface area (Å²) < 4.78 is 64.6. The molecule has 4 amide bonds. The zero-order valence-electron chi connectivity index (χ0n) is 87.6. The van der Waals surface area contributed by atoms with Crippen LogP contribution in [0.3, 0.4) is 0 Å². The van der Waals surface area contributed by atoms with Gasteiger partial charge in [-0.15, -0.1) is 0 Å². The first-order chi connectivity index (χ1) is 68.3. The number of hydrogen-bond donors (Lipinski definition) is 4. The molecule has 12 unspecified atom stereocenters. The van der Waals surface area contributed by atoms with Crippen LogP contribution in [0.15, 0.2) is 149 Å². The second-order valence-corrected chi connectivity index (χ2v) is 55.4. The van der Waals surface area contributed by atoms with Gasteiger partial charge in [-0.05, 0) is 313 Å². The van der Waals surface area contributed by atoms with E-state index in [1.165, 1.54) is 94.7 Å². The van der Waals surface area contributed by atoms with Gasteiger partial charge in [0.25, 0.3) is 0 Å². The van der Waals surface area contributed by atoms with Crippen molar-refractivity contribution in [2.75, 3.05) is 69.9 Å². The van der Waals surface area contributed by atoms with Crippen LogP contribution in [-0.2, 0) is 57.5 Å². The Hall–Kier alpha value is -10.8. The Bertz CT molecular complexity index is 6140. The maximum Gasteiger partial charge on any atom is 2.00 e. The number of nitrogens with one attached hydrogen (secondary N) is 3. The molecule has 9 heterocycles. The van der Waals surface area contributed by atoms with E-state index in [2.05, 4.69) is 202 Å². The van der Waals surface area contributed by atoms with E-state index < -0.39 is 63.3 Å². The summed E-state index contributed by atoms with van der Waals surface area (Å²) >= 11 is 15.3. The number of anilines is 7. The third-order valence-electron chi connectivity index (χ3n) is 24.0. The van der Waals surface area contributed by atoms with Crippen molar-refractivity contribution in [3.63, 3.8) is 0 Å². The van der Waals surface area contributed by atoms with E-state index in [-0.39, 0.29) is 62.3 Å². The number of halogens is 7. The molecule has 6 aliphatic carbocycles. The monoisotopic (exact) mass is 2310 g/mol. The zero-order valence-corrected chi connectivity index (χ0v) is 98.0. The van der Waals surface area contributed by atoms with Crippen molar-refractivity contribution in [1.82, 2.24) is 23.9 Å². The third kappa shape index (κ3) is 38.6. The fourth-order valence-corrected chi connectivity index (χ4v) is 26.9. The van der Waals surface area contributed by atoms with Crippen molar-refractivity contribution in [3.05, 3.63) is 251 Å². The van der Waals surface area contributed by atoms with Crippen molar-refractivity contribution in [3.8, 4) is 0 Å². The van der Waals surface area contributed by atoms with E-state index in [0.29, 0.717) is 65.0 Å². The fraction of sp³-hybridized carbons (Fsp3) is 0.477. The normalized spacial score (nSPS) is 20.8. The number of carboxylic acid groups (broad SMARTS) is 1. The maximum absolute atomic E-state index is 12.3. The summed E-state index contributed by atoms with van der Waals surface area (Å²) in [5.41, 5.74) is 15.0. The molecule has 4 N–H and O–H groups in total. The molecule has 7 fully saturated rings. The van der Waals surface area contributed by atoms with E-state index in [4.69, 9.17) is 88.5 Å². The molecule has 0 spiro atoms. The van der Waals surface area contributed by atoms with Gasteiger partial charge >= 0.3 is 75.0 Å². The largest absolute Gasteiger partial charge is 2.00 e. The van der Waals surface area contributed by atoms with E-state index in [0.717, 1.165) is 116 Å². The number of aliphatic carboxylic acids is 1. The summed E-state index contributed by atoms with van der Waals surface area (Å²) in [5.74, 6) is 8.26. The van der Waals surface area contributed by atoms with Crippen LogP contribution in [0.2, 0.25) is 44.4 Å². The number of benzene rings is 6. The average molecular weight is 2320 g/mol. The standard InChI is InChI=1S/C16H14N4.C16H18N2O2.C15H18BrNO2.C11H10N2.C10H10BrN.C10H11N.C10H18O5.C6H18NSi2.C5H5ClN2.C4H4BrNO2.C2HF3O2.2CN.Li.Zn/c1-10-18-6-5-16(19-10)20-9-11-7-13(11)14-8-12(17-2)3-4-15(14)20;1-16(2,3)20-15(19)18-9-10-7-12(10)13-8-11(17-4)5-6-14(13)18;1-15(2,3)19-14(18)17-8-9-6-11(9)12-7-10(16)4-5-13(12)17;1-12-8-2-3-11-10(5-8)9-4-7(9)6-13-11;11-7-1-2-10-9(4-7)8-3-6(8)5-12-10;1-2-4-10-8(3-1)9-5-7(9)6-11-10;1-9(2,3)14-7(11)13-8(12)15-10(4,5)6;1-8(2,3)7-9(4,5)6;1-4-7-3-2-5(6)8-4;5-6-3(7)1-2-4(6)8;3-2(4,5)1(6)7;2*1-2;;/h3-6,8,11,13H,7,9H2,1H3;5-6,8,10,12H,7,9H2,1-3H3;4-5,7,9,11H,6,8H2,1-3H3;2-3,5,7,9,13H,4,6H2;1-2,4,6,8,12H,3,5H2;1-4,7,9,11H,5-6H2;1-6H3;1-6H3;2-3H,1H3;1-2H2;(H,6,7);;;;/q;;;;;;;-1;;;;2*-1;+1;+2. The van der Waals surface area contributed by atoms with Gasteiger partial charge in [0.05, 0.1) is 41.6 Å². The van der Waals surface area contributed by atoms with Gasteiger partial charge in [0.15, 0.2) is 17.1 Å². The summed E-state index contributed by atoms with van der Waals surface area (Å²) in [6, 6.07) is 42.5. The number of rotatable bonds is 3. The van der Waals surface area contributed by atoms with E-state index >= 15 is 0 Å². The summed E-state index contributed by atoms with van der Waals surface area (Å²) in [6.45, 7) is 75.6. The molecule has 0 bridgehead atoms. The summed E-state index contributed by atoms with van der Waals surface area (Å²) in [4.78, 5) is 109. The van der Waals surface area contributed by atoms with Crippen LogP contribution in [-0.4, -0.2) is 156 Å². The minimum Gasteiger partial charge on any atom is -0.668 e. The number of alkyl halides is 3.